The van der Waals surface area contributed by atoms with Gasteiger partial charge in [-0.15, -0.1) is 0 Å². The largest absolute Gasteiger partial charge is 0.416 e. The van der Waals surface area contributed by atoms with E-state index in [4.69, 9.17) is 0 Å². The zero-order chi connectivity index (χ0) is 18.3. The second-order valence-corrected chi connectivity index (χ2v) is 5.43. The number of hydrogen-bond acceptors (Lipinski definition) is 2. The Morgan fingerprint density at radius 1 is 1.21 bits per heavy atom. The van der Waals surface area contributed by atoms with Crippen LogP contribution in [0.4, 0.5) is 13.2 Å². The Labute approximate surface area is 140 Å². The Morgan fingerprint density at radius 3 is 2.42 bits per heavy atom. The first-order chi connectivity index (χ1) is 11.2. The number of alkyl halides is 3. The smallest absolute Gasteiger partial charge is 0.356 e. The van der Waals surface area contributed by atoms with Crippen LogP contribution in [0.15, 0.2) is 24.3 Å². The molecule has 24 heavy (non-hydrogen) atoms. The Morgan fingerprint density at radius 2 is 1.88 bits per heavy atom. The molecule has 0 aliphatic carbocycles. The summed E-state index contributed by atoms with van der Waals surface area (Å²) in [5.41, 5.74) is -0.323. The maximum absolute atomic E-state index is 12.8. The molecule has 0 aromatic heterocycles. The Kier molecular flexibility index (Phi) is 7.25. The molecule has 0 spiro atoms. The number of rotatable bonds is 7. The standard InChI is InChI=1S/C17H23F3N2O2/c1-4-21-15(23)9-10-16(24)22(5-2)12(3)13-7-6-8-14(11-13)17(18,19)20/h6-8,11-12H,4-5,9-10H2,1-3H3,(H,21,23). The van der Waals surface area contributed by atoms with Crippen LogP contribution in [0.5, 0.6) is 0 Å². The van der Waals surface area contributed by atoms with E-state index in [1.165, 1.54) is 11.0 Å². The molecule has 0 heterocycles. The van der Waals surface area contributed by atoms with Gasteiger partial charge in [0.2, 0.25) is 11.8 Å². The predicted molar refractivity (Wildman–Crippen MR) is 85.2 cm³/mol. The van der Waals surface area contributed by atoms with Crippen LogP contribution >= 0.6 is 0 Å². The van der Waals surface area contributed by atoms with Crippen molar-refractivity contribution in [2.45, 2.75) is 45.8 Å². The molecule has 0 aliphatic rings. The molecule has 4 nitrogen and oxygen atoms in total. The lowest BCUT2D eigenvalue weighted by Crippen LogP contribution is -2.34. The van der Waals surface area contributed by atoms with Crippen molar-refractivity contribution in [2.24, 2.45) is 0 Å². The highest BCUT2D eigenvalue weighted by Gasteiger charge is 2.31. The lowest BCUT2D eigenvalue weighted by Gasteiger charge is -2.29. The fourth-order valence-electron chi connectivity index (χ4n) is 2.47. The number of amides is 2. The summed E-state index contributed by atoms with van der Waals surface area (Å²) in [6, 6.07) is 4.47. The molecule has 7 heteroatoms. The minimum atomic E-state index is -4.42. The van der Waals surface area contributed by atoms with Crippen LogP contribution in [0, 0.1) is 0 Å². The van der Waals surface area contributed by atoms with Crippen molar-refractivity contribution in [3.05, 3.63) is 35.4 Å². The van der Waals surface area contributed by atoms with Gasteiger partial charge in [0, 0.05) is 25.9 Å². The minimum absolute atomic E-state index is 0.0307. The summed E-state index contributed by atoms with van der Waals surface area (Å²) in [5, 5.41) is 2.61. The van der Waals surface area contributed by atoms with Gasteiger partial charge in [-0.3, -0.25) is 9.59 Å². The summed E-state index contributed by atoms with van der Waals surface area (Å²) in [5.74, 6) is -0.470. The summed E-state index contributed by atoms with van der Waals surface area (Å²) in [7, 11) is 0. The number of halogens is 3. The Balaban J connectivity index is 2.84. The molecule has 1 atom stereocenters. The van der Waals surface area contributed by atoms with E-state index in [-0.39, 0.29) is 24.7 Å². The van der Waals surface area contributed by atoms with E-state index in [9.17, 15) is 22.8 Å². The van der Waals surface area contributed by atoms with Crippen molar-refractivity contribution in [1.29, 1.82) is 0 Å². The van der Waals surface area contributed by atoms with E-state index < -0.39 is 17.8 Å². The van der Waals surface area contributed by atoms with E-state index in [0.717, 1.165) is 12.1 Å². The molecule has 134 valence electrons. The van der Waals surface area contributed by atoms with Gasteiger partial charge in [0.15, 0.2) is 0 Å². The molecular weight excluding hydrogens is 321 g/mol. The second kappa shape index (κ2) is 8.70. The van der Waals surface area contributed by atoms with Crippen LogP contribution in [-0.2, 0) is 15.8 Å². The van der Waals surface area contributed by atoms with Crippen molar-refractivity contribution in [3.8, 4) is 0 Å². The van der Waals surface area contributed by atoms with Crippen LogP contribution in [0.2, 0.25) is 0 Å². The van der Waals surface area contributed by atoms with Gasteiger partial charge in [-0.05, 0) is 38.5 Å². The molecule has 0 bridgehead atoms. The van der Waals surface area contributed by atoms with Crippen molar-refractivity contribution < 1.29 is 22.8 Å². The van der Waals surface area contributed by atoms with Gasteiger partial charge < -0.3 is 10.2 Å². The minimum Gasteiger partial charge on any atom is -0.356 e. The lowest BCUT2D eigenvalue weighted by molar-refractivity contribution is -0.137. The van der Waals surface area contributed by atoms with Crippen LogP contribution in [0.1, 0.15) is 50.8 Å². The van der Waals surface area contributed by atoms with Gasteiger partial charge in [0.1, 0.15) is 0 Å². The number of carbonyl (C=O) groups excluding carboxylic acids is 2. The normalized spacial score (nSPS) is 12.6. The summed E-state index contributed by atoms with van der Waals surface area (Å²) < 4.78 is 38.5. The van der Waals surface area contributed by atoms with Gasteiger partial charge in [-0.1, -0.05) is 12.1 Å². The highest BCUT2D eigenvalue weighted by atomic mass is 19.4. The fraction of sp³-hybridized carbons (Fsp3) is 0.529. The van der Waals surface area contributed by atoms with Crippen molar-refractivity contribution in [2.75, 3.05) is 13.1 Å². The number of hydrogen-bond donors (Lipinski definition) is 1. The fourth-order valence-corrected chi connectivity index (χ4v) is 2.47. The quantitative estimate of drug-likeness (QED) is 0.823. The molecule has 1 rings (SSSR count). The summed E-state index contributed by atoms with van der Waals surface area (Å²) in [4.78, 5) is 25.2. The van der Waals surface area contributed by atoms with E-state index in [0.29, 0.717) is 18.7 Å². The molecule has 0 fully saturated rings. The lowest BCUT2D eigenvalue weighted by atomic mass is 10.0. The van der Waals surface area contributed by atoms with Crippen LogP contribution in [0.25, 0.3) is 0 Å². The molecule has 0 saturated heterocycles. The summed E-state index contributed by atoms with van der Waals surface area (Å²) in [6.07, 6.45) is -4.32. The molecule has 1 aromatic carbocycles. The summed E-state index contributed by atoms with van der Waals surface area (Å²) >= 11 is 0. The van der Waals surface area contributed by atoms with Gasteiger partial charge in [-0.2, -0.15) is 13.2 Å². The predicted octanol–water partition coefficient (Wildman–Crippen LogP) is 3.53. The van der Waals surface area contributed by atoms with Crippen molar-refractivity contribution in [3.63, 3.8) is 0 Å². The van der Waals surface area contributed by atoms with E-state index >= 15 is 0 Å². The van der Waals surface area contributed by atoms with Gasteiger partial charge in [0.05, 0.1) is 11.6 Å². The van der Waals surface area contributed by atoms with Crippen molar-refractivity contribution >= 4 is 11.8 Å². The molecule has 0 saturated carbocycles. The highest BCUT2D eigenvalue weighted by Crippen LogP contribution is 2.32. The number of nitrogens with one attached hydrogen (secondary N) is 1. The molecule has 0 aliphatic heterocycles. The van der Waals surface area contributed by atoms with Crippen LogP contribution < -0.4 is 5.32 Å². The van der Waals surface area contributed by atoms with E-state index in [1.54, 1.807) is 26.8 Å². The number of benzene rings is 1. The van der Waals surface area contributed by atoms with Crippen molar-refractivity contribution in [1.82, 2.24) is 10.2 Å². The first-order valence-corrected chi connectivity index (χ1v) is 7.94. The zero-order valence-corrected chi connectivity index (χ0v) is 14.1. The third-order valence-electron chi connectivity index (χ3n) is 3.76. The monoisotopic (exact) mass is 344 g/mol. The maximum Gasteiger partial charge on any atom is 0.416 e. The van der Waals surface area contributed by atoms with Gasteiger partial charge in [-0.25, -0.2) is 0 Å². The van der Waals surface area contributed by atoms with Crippen LogP contribution in [-0.4, -0.2) is 29.8 Å². The highest BCUT2D eigenvalue weighted by molar-refractivity contribution is 5.84. The number of carbonyl (C=O) groups is 2. The Bertz CT molecular complexity index is 573. The molecule has 1 aromatic rings. The maximum atomic E-state index is 12.8. The topological polar surface area (TPSA) is 49.4 Å². The zero-order valence-electron chi connectivity index (χ0n) is 14.1. The van der Waals surface area contributed by atoms with Crippen LogP contribution in [0.3, 0.4) is 0 Å². The third-order valence-corrected chi connectivity index (χ3v) is 3.76. The molecular formula is C17H23F3N2O2. The molecule has 2 amide bonds. The molecule has 1 unspecified atom stereocenters. The SMILES string of the molecule is CCNC(=O)CCC(=O)N(CC)C(C)c1cccc(C(F)(F)F)c1. The molecule has 1 N–H and O–H groups in total. The Hall–Kier alpha value is -2.05. The second-order valence-electron chi connectivity index (χ2n) is 5.43. The van der Waals surface area contributed by atoms with E-state index in [1.807, 2.05) is 0 Å². The average molecular weight is 344 g/mol. The first-order valence-electron chi connectivity index (χ1n) is 7.94. The summed E-state index contributed by atoms with van der Waals surface area (Å²) in [6.45, 7) is 6.07. The number of nitrogens with zero attached hydrogens (tertiary/aromatic N) is 1. The van der Waals surface area contributed by atoms with Gasteiger partial charge >= 0.3 is 6.18 Å². The van der Waals surface area contributed by atoms with E-state index in [2.05, 4.69) is 5.32 Å². The average Bonchev–Trinajstić information content (AvgIpc) is 2.53. The van der Waals surface area contributed by atoms with Gasteiger partial charge in [0.25, 0.3) is 0 Å². The molecule has 0 radical (unpaired) electrons. The first kappa shape index (κ1) is 20.0. The third kappa shape index (κ3) is 5.54.